The standard InChI is InChI=1S/C17H23N3O2/c1-17(2,3)22-16(21)20-10-7-13-14(5-4-6-15(13)20)19-11-8-18-9-12-19/h4-7,10,18H,8-9,11-12H2,1-3H3. The summed E-state index contributed by atoms with van der Waals surface area (Å²) in [5, 5.41) is 4.45. The van der Waals surface area contributed by atoms with Crippen molar-refractivity contribution in [1.82, 2.24) is 9.88 Å². The normalized spacial score (nSPS) is 16.0. The van der Waals surface area contributed by atoms with Crippen molar-refractivity contribution in [3.8, 4) is 0 Å². The summed E-state index contributed by atoms with van der Waals surface area (Å²) in [5.74, 6) is 0. The minimum atomic E-state index is -0.496. The van der Waals surface area contributed by atoms with Crippen LogP contribution in [0.4, 0.5) is 10.5 Å². The molecule has 0 amide bonds. The summed E-state index contributed by atoms with van der Waals surface area (Å²) in [7, 11) is 0. The van der Waals surface area contributed by atoms with Crippen molar-refractivity contribution < 1.29 is 9.53 Å². The Balaban J connectivity index is 1.96. The first-order valence-electron chi connectivity index (χ1n) is 7.75. The first-order chi connectivity index (χ1) is 10.5. The third-order valence-electron chi connectivity index (χ3n) is 3.76. The highest BCUT2D eigenvalue weighted by Crippen LogP contribution is 2.28. The van der Waals surface area contributed by atoms with E-state index in [1.54, 1.807) is 10.8 Å². The first kappa shape index (κ1) is 14.9. The van der Waals surface area contributed by atoms with Crippen LogP contribution in [0.2, 0.25) is 0 Å². The van der Waals surface area contributed by atoms with E-state index in [2.05, 4.69) is 16.3 Å². The molecule has 1 N–H and O–H groups in total. The summed E-state index contributed by atoms with van der Waals surface area (Å²) in [4.78, 5) is 14.7. The first-order valence-corrected chi connectivity index (χ1v) is 7.75. The third-order valence-corrected chi connectivity index (χ3v) is 3.76. The van der Waals surface area contributed by atoms with Gasteiger partial charge in [0.1, 0.15) is 5.60 Å². The maximum atomic E-state index is 12.3. The Morgan fingerprint density at radius 3 is 2.59 bits per heavy atom. The van der Waals surface area contributed by atoms with Gasteiger partial charge in [-0.3, -0.25) is 4.57 Å². The Bertz CT molecular complexity index is 679. The molecule has 0 bridgehead atoms. The second-order valence-electron chi connectivity index (χ2n) is 6.61. The summed E-state index contributed by atoms with van der Waals surface area (Å²) in [6, 6.07) is 8.08. The van der Waals surface area contributed by atoms with Crippen molar-refractivity contribution in [3.05, 3.63) is 30.5 Å². The Kier molecular flexibility index (Phi) is 3.83. The number of benzene rings is 1. The van der Waals surface area contributed by atoms with Gasteiger partial charge in [-0.25, -0.2) is 4.79 Å². The molecule has 5 nitrogen and oxygen atoms in total. The highest BCUT2D eigenvalue weighted by Gasteiger charge is 2.20. The fraction of sp³-hybridized carbons (Fsp3) is 0.471. The van der Waals surface area contributed by atoms with Crippen molar-refractivity contribution in [3.63, 3.8) is 0 Å². The number of hydrogen-bond donors (Lipinski definition) is 1. The lowest BCUT2D eigenvalue weighted by molar-refractivity contribution is 0.0544. The van der Waals surface area contributed by atoms with Gasteiger partial charge in [-0.1, -0.05) is 6.07 Å². The van der Waals surface area contributed by atoms with E-state index in [0.29, 0.717) is 0 Å². The molecular weight excluding hydrogens is 278 g/mol. The number of carbonyl (C=O) groups excluding carboxylic acids is 1. The van der Waals surface area contributed by atoms with E-state index < -0.39 is 5.60 Å². The molecule has 5 heteroatoms. The Labute approximate surface area is 130 Å². The molecule has 2 aromatic rings. The molecule has 1 saturated heterocycles. The highest BCUT2D eigenvalue weighted by molar-refractivity contribution is 5.97. The smallest absolute Gasteiger partial charge is 0.418 e. The zero-order valence-electron chi connectivity index (χ0n) is 13.4. The monoisotopic (exact) mass is 301 g/mol. The molecular formula is C17H23N3O2. The fourth-order valence-corrected chi connectivity index (χ4v) is 2.80. The van der Waals surface area contributed by atoms with Crippen molar-refractivity contribution >= 4 is 22.7 Å². The van der Waals surface area contributed by atoms with Crippen LogP contribution >= 0.6 is 0 Å². The van der Waals surface area contributed by atoms with Gasteiger partial charge in [0.2, 0.25) is 0 Å². The van der Waals surface area contributed by atoms with Crippen LogP contribution < -0.4 is 10.2 Å². The lowest BCUT2D eigenvalue weighted by Crippen LogP contribution is -2.43. The molecule has 118 valence electrons. The van der Waals surface area contributed by atoms with Crippen LogP contribution in [0, 0.1) is 0 Å². The topological polar surface area (TPSA) is 46.5 Å². The second kappa shape index (κ2) is 5.65. The van der Waals surface area contributed by atoms with Gasteiger partial charge in [0.15, 0.2) is 0 Å². The summed E-state index contributed by atoms with van der Waals surface area (Å²) in [6.45, 7) is 9.58. The van der Waals surface area contributed by atoms with Crippen LogP contribution in [0.1, 0.15) is 20.8 Å². The SMILES string of the molecule is CC(C)(C)OC(=O)n1ccc2c(N3CCNCC3)cccc21. The molecule has 2 heterocycles. The van der Waals surface area contributed by atoms with Crippen molar-refractivity contribution in [1.29, 1.82) is 0 Å². The fourth-order valence-electron chi connectivity index (χ4n) is 2.80. The number of ether oxygens (including phenoxy) is 1. The van der Waals surface area contributed by atoms with E-state index in [-0.39, 0.29) is 6.09 Å². The van der Waals surface area contributed by atoms with Crippen LogP contribution in [-0.2, 0) is 4.74 Å². The zero-order valence-corrected chi connectivity index (χ0v) is 13.4. The number of rotatable bonds is 1. The Morgan fingerprint density at radius 2 is 1.91 bits per heavy atom. The summed E-state index contributed by atoms with van der Waals surface area (Å²) in [5.41, 5.74) is 1.58. The van der Waals surface area contributed by atoms with Gasteiger partial charge in [-0.15, -0.1) is 0 Å². The van der Waals surface area contributed by atoms with Gasteiger partial charge < -0.3 is 15.0 Å². The lowest BCUT2D eigenvalue weighted by atomic mass is 10.2. The minimum absolute atomic E-state index is 0.333. The molecule has 0 atom stereocenters. The number of nitrogens with one attached hydrogen (secondary N) is 1. The number of nitrogens with zero attached hydrogens (tertiary/aromatic N) is 2. The molecule has 1 aliphatic rings. The number of hydrogen-bond acceptors (Lipinski definition) is 4. The average Bonchev–Trinajstić information content (AvgIpc) is 2.90. The molecule has 22 heavy (non-hydrogen) atoms. The molecule has 1 aliphatic heterocycles. The molecule has 1 aromatic carbocycles. The number of anilines is 1. The van der Waals surface area contributed by atoms with Crippen molar-refractivity contribution in [2.24, 2.45) is 0 Å². The maximum absolute atomic E-state index is 12.3. The second-order valence-corrected chi connectivity index (χ2v) is 6.61. The van der Waals surface area contributed by atoms with Crippen LogP contribution in [0.25, 0.3) is 10.9 Å². The van der Waals surface area contributed by atoms with Crippen molar-refractivity contribution in [2.45, 2.75) is 26.4 Å². The van der Waals surface area contributed by atoms with Gasteiger partial charge in [-0.05, 0) is 39.0 Å². The number of aromatic nitrogens is 1. The number of carbonyl (C=O) groups is 1. The number of piperazine rings is 1. The van der Waals surface area contributed by atoms with Gasteiger partial charge in [0.25, 0.3) is 0 Å². The van der Waals surface area contributed by atoms with E-state index in [1.165, 1.54) is 5.69 Å². The predicted molar refractivity (Wildman–Crippen MR) is 88.7 cm³/mol. The van der Waals surface area contributed by atoms with Gasteiger partial charge in [0.05, 0.1) is 5.52 Å². The van der Waals surface area contributed by atoms with Crippen LogP contribution in [0.15, 0.2) is 30.5 Å². The third kappa shape index (κ3) is 2.95. The van der Waals surface area contributed by atoms with Crippen LogP contribution in [0.3, 0.4) is 0 Å². The summed E-state index contributed by atoms with van der Waals surface area (Å²) < 4.78 is 7.07. The van der Waals surface area contributed by atoms with Crippen LogP contribution in [0.5, 0.6) is 0 Å². The molecule has 0 unspecified atom stereocenters. The van der Waals surface area contributed by atoms with Crippen LogP contribution in [-0.4, -0.2) is 42.4 Å². The van der Waals surface area contributed by atoms with Gasteiger partial charge in [0, 0.05) is 43.4 Å². The summed E-state index contributed by atoms with van der Waals surface area (Å²) >= 11 is 0. The van der Waals surface area contributed by atoms with E-state index in [4.69, 9.17) is 4.74 Å². The molecule has 0 saturated carbocycles. The lowest BCUT2D eigenvalue weighted by Gasteiger charge is -2.30. The number of fused-ring (bicyclic) bond motifs is 1. The van der Waals surface area contributed by atoms with E-state index >= 15 is 0 Å². The van der Waals surface area contributed by atoms with Gasteiger partial charge >= 0.3 is 6.09 Å². The molecule has 0 radical (unpaired) electrons. The van der Waals surface area contributed by atoms with E-state index in [0.717, 1.165) is 37.1 Å². The highest BCUT2D eigenvalue weighted by atomic mass is 16.6. The largest absolute Gasteiger partial charge is 0.443 e. The molecule has 1 fully saturated rings. The predicted octanol–water partition coefficient (Wildman–Crippen LogP) is 2.83. The molecule has 0 spiro atoms. The summed E-state index contributed by atoms with van der Waals surface area (Å²) in [6.07, 6.45) is 1.46. The van der Waals surface area contributed by atoms with Crippen molar-refractivity contribution in [2.75, 3.05) is 31.1 Å². The zero-order chi connectivity index (χ0) is 15.7. The Hall–Kier alpha value is -2.01. The van der Waals surface area contributed by atoms with E-state index in [1.807, 2.05) is 39.0 Å². The maximum Gasteiger partial charge on any atom is 0.418 e. The quantitative estimate of drug-likeness (QED) is 0.880. The van der Waals surface area contributed by atoms with Gasteiger partial charge in [-0.2, -0.15) is 0 Å². The molecule has 3 rings (SSSR count). The Morgan fingerprint density at radius 1 is 1.18 bits per heavy atom. The molecule has 1 aromatic heterocycles. The average molecular weight is 301 g/mol. The minimum Gasteiger partial charge on any atom is -0.443 e. The molecule has 0 aliphatic carbocycles. The van der Waals surface area contributed by atoms with E-state index in [9.17, 15) is 4.79 Å².